The van der Waals surface area contributed by atoms with E-state index in [1.54, 1.807) is 0 Å². The van der Waals surface area contributed by atoms with E-state index in [1.807, 2.05) is 0 Å². The first-order valence-corrected chi connectivity index (χ1v) is 8.03. The highest BCUT2D eigenvalue weighted by molar-refractivity contribution is 9.10. The fourth-order valence-corrected chi connectivity index (χ4v) is 2.46. The highest BCUT2D eigenvalue weighted by Crippen LogP contribution is 2.15. The van der Waals surface area contributed by atoms with Crippen molar-refractivity contribution in [3.63, 3.8) is 0 Å². The lowest BCUT2D eigenvalue weighted by Crippen LogP contribution is -2.29. The molecule has 0 atom stereocenters. The minimum atomic E-state index is -3.28. The van der Waals surface area contributed by atoms with Gasteiger partial charge in [0.1, 0.15) is 11.0 Å². The summed E-state index contributed by atoms with van der Waals surface area (Å²) >= 11 is 3.15. The number of rotatable bonds is 6. The lowest BCUT2D eigenvalue weighted by Gasteiger charge is -2.13. The molecule has 0 aromatic carbocycles. The van der Waals surface area contributed by atoms with E-state index in [0.717, 1.165) is 8.99 Å². The maximum Gasteiger partial charge on any atom is 0.284 e. The highest BCUT2D eigenvalue weighted by atomic mass is 79.9. The molecule has 0 aliphatic rings. The fourth-order valence-electron chi connectivity index (χ4n) is 1.28. The van der Waals surface area contributed by atoms with Crippen LogP contribution in [0.25, 0.3) is 0 Å². The van der Waals surface area contributed by atoms with Crippen LogP contribution >= 0.6 is 15.9 Å². The van der Waals surface area contributed by atoms with Crippen molar-refractivity contribution >= 4 is 31.6 Å². The average Bonchev–Trinajstić information content (AvgIpc) is 2.37. The molecule has 0 aliphatic carbocycles. The Morgan fingerprint density at radius 1 is 1.55 bits per heavy atom. The van der Waals surface area contributed by atoms with Crippen LogP contribution < -0.4 is 10.9 Å². The summed E-state index contributed by atoms with van der Waals surface area (Å²) in [7, 11) is -0.351. The number of sulfonamides is 1. The molecule has 0 bridgehead atoms. The topological polar surface area (TPSA) is 84.3 Å². The summed E-state index contributed by atoms with van der Waals surface area (Å²) in [5.41, 5.74) is 0.0562. The van der Waals surface area contributed by atoms with Crippen LogP contribution in [0.1, 0.15) is 0 Å². The first-order chi connectivity index (χ1) is 9.29. The first kappa shape index (κ1) is 16.7. The van der Waals surface area contributed by atoms with Crippen LogP contribution in [0.3, 0.4) is 0 Å². The molecule has 0 saturated carbocycles. The van der Waals surface area contributed by atoms with Gasteiger partial charge >= 0.3 is 0 Å². The molecule has 0 amide bonds. The van der Waals surface area contributed by atoms with Crippen molar-refractivity contribution < 1.29 is 8.42 Å². The zero-order chi connectivity index (χ0) is 15.3. The van der Waals surface area contributed by atoms with E-state index in [2.05, 4.69) is 32.3 Å². The molecule has 0 aliphatic heterocycles. The van der Waals surface area contributed by atoms with Gasteiger partial charge in [0.05, 0.1) is 17.6 Å². The zero-order valence-corrected chi connectivity index (χ0v) is 13.5. The normalized spacial score (nSPS) is 11.3. The molecule has 7 nitrogen and oxygen atoms in total. The highest BCUT2D eigenvalue weighted by Gasteiger charge is 2.14. The van der Waals surface area contributed by atoms with Crippen LogP contribution in [0.15, 0.2) is 15.5 Å². The van der Waals surface area contributed by atoms with Crippen LogP contribution in [0.2, 0.25) is 0 Å². The van der Waals surface area contributed by atoms with E-state index in [4.69, 9.17) is 6.42 Å². The molecule has 20 heavy (non-hydrogen) atoms. The Bertz CT molecular complexity index is 676. The number of nitrogens with zero attached hydrogens (tertiary/aromatic N) is 3. The van der Waals surface area contributed by atoms with Gasteiger partial charge in [-0.2, -0.15) is 5.10 Å². The van der Waals surface area contributed by atoms with E-state index < -0.39 is 10.0 Å². The Kier molecular flexibility index (Phi) is 5.74. The minimum absolute atomic E-state index is 0.0761. The quantitative estimate of drug-likeness (QED) is 0.716. The number of halogens is 1. The van der Waals surface area contributed by atoms with Gasteiger partial charge in [-0.25, -0.2) is 17.4 Å². The third kappa shape index (κ3) is 4.06. The van der Waals surface area contributed by atoms with E-state index in [0.29, 0.717) is 5.69 Å². The standard InChI is InChI=1S/C11H15BrN4O3S/c1-4-6-16-11(17)10(12)9(8-14-16)13-5-7-20(18,19)15(2)3/h1,8,13H,5-7H2,2-3H3. The summed E-state index contributed by atoms with van der Waals surface area (Å²) in [6, 6.07) is 0. The average molecular weight is 363 g/mol. The monoisotopic (exact) mass is 362 g/mol. The van der Waals surface area contributed by atoms with Crippen molar-refractivity contribution in [1.29, 1.82) is 0 Å². The van der Waals surface area contributed by atoms with Crippen molar-refractivity contribution in [3.05, 3.63) is 21.0 Å². The van der Waals surface area contributed by atoms with Gasteiger partial charge < -0.3 is 5.32 Å². The minimum Gasteiger partial charge on any atom is -0.382 e. The van der Waals surface area contributed by atoms with Gasteiger partial charge in [-0.05, 0) is 15.9 Å². The van der Waals surface area contributed by atoms with Crippen molar-refractivity contribution in [2.45, 2.75) is 6.54 Å². The maximum atomic E-state index is 11.8. The van der Waals surface area contributed by atoms with Gasteiger partial charge in [-0.1, -0.05) is 5.92 Å². The van der Waals surface area contributed by atoms with Crippen molar-refractivity contribution in [1.82, 2.24) is 14.1 Å². The molecule has 110 valence electrons. The largest absolute Gasteiger partial charge is 0.382 e. The molecule has 0 saturated heterocycles. The summed E-state index contributed by atoms with van der Waals surface area (Å²) in [5.74, 6) is 2.24. The summed E-state index contributed by atoms with van der Waals surface area (Å²) in [5, 5.41) is 6.74. The van der Waals surface area contributed by atoms with Gasteiger partial charge in [0.2, 0.25) is 10.0 Å². The smallest absolute Gasteiger partial charge is 0.284 e. The van der Waals surface area contributed by atoms with Crippen LogP contribution in [0.5, 0.6) is 0 Å². The Morgan fingerprint density at radius 2 is 2.20 bits per heavy atom. The van der Waals surface area contributed by atoms with Crippen LogP contribution in [-0.2, 0) is 16.6 Å². The van der Waals surface area contributed by atoms with Gasteiger partial charge in [0, 0.05) is 20.6 Å². The van der Waals surface area contributed by atoms with Crippen LogP contribution in [0.4, 0.5) is 5.69 Å². The number of nitrogens with one attached hydrogen (secondary N) is 1. The first-order valence-electron chi connectivity index (χ1n) is 5.62. The Balaban J connectivity index is 2.79. The Labute approximate surface area is 126 Å². The predicted molar refractivity (Wildman–Crippen MR) is 81.0 cm³/mol. The number of aromatic nitrogens is 2. The summed E-state index contributed by atoms with van der Waals surface area (Å²) in [6.45, 7) is 0.242. The van der Waals surface area contributed by atoms with Gasteiger partial charge in [-0.3, -0.25) is 4.79 Å². The number of terminal acetylenes is 1. The molecule has 0 spiro atoms. The third-order valence-corrected chi connectivity index (χ3v) is 5.06. The zero-order valence-electron chi connectivity index (χ0n) is 11.1. The molecular weight excluding hydrogens is 348 g/mol. The number of hydrogen-bond acceptors (Lipinski definition) is 5. The molecule has 9 heteroatoms. The molecule has 1 aromatic rings. The van der Waals surface area contributed by atoms with Gasteiger partial charge in [0.15, 0.2) is 0 Å². The molecular formula is C11H15BrN4O3S. The van der Waals surface area contributed by atoms with E-state index in [-0.39, 0.29) is 28.9 Å². The number of anilines is 1. The SMILES string of the molecule is C#CCn1ncc(NCCS(=O)(=O)N(C)C)c(Br)c1=O. The molecule has 1 aromatic heterocycles. The van der Waals surface area contributed by atoms with Crippen LogP contribution in [-0.4, -0.2) is 48.9 Å². The Hall–Kier alpha value is -1.37. The Morgan fingerprint density at radius 3 is 2.75 bits per heavy atom. The van der Waals surface area contributed by atoms with E-state index >= 15 is 0 Å². The molecule has 0 fully saturated rings. The fraction of sp³-hybridized carbons (Fsp3) is 0.455. The maximum absolute atomic E-state index is 11.8. The predicted octanol–water partition coefficient (Wildman–Crippen LogP) is -0.0577. The molecule has 0 radical (unpaired) electrons. The van der Waals surface area contributed by atoms with E-state index in [1.165, 1.54) is 20.3 Å². The van der Waals surface area contributed by atoms with Gasteiger partial charge in [-0.15, -0.1) is 6.42 Å². The second-order valence-corrected chi connectivity index (χ2v) is 7.16. The lowest BCUT2D eigenvalue weighted by atomic mass is 10.4. The third-order valence-electron chi connectivity index (χ3n) is 2.46. The summed E-state index contributed by atoms with van der Waals surface area (Å²) < 4.78 is 25.7. The van der Waals surface area contributed by atoms with Crippen molar-refractivity contribution in [2.75, 3.05) is 31.7 Å². The molecule has 0 unspecified atom stereocenters. The summed E-state index contributed by atoms with van der Waals surface area (Å²) in [6.07, 6.45) is 6.54. The van der Waals surface area contributed by atoms with E-state index in [9.17, 15) is 13.2 Å². The molecule has 1 rings (SSSR count). The second kappa shape index (κ2) is 6.88. The van der Waals surface area contributed by atoms with Crippen molar-refractivity contribution in [2.24, 2.45) is 0 Å². The summed E-state index contributed by atoms with van der Waals surface area (Å²) in [4.78, 5) is 11.8. The van der Waals surface area contributed by atoms with Crippen molar-refractivity contribution in [3.8, 4) is 12.3 Å². The lowest BCUT2D eigenvalue weighted by molar-refractivity contribution is 0.521. The molecule has 1 heterocycles. The second-order valence-electron chi connectivity index (χ2n) is 4.06. The van der Waals surface area contributed by atoms with Gasteiger partial charge in [0.25, 0.3) is 5.56 Å². The molecule has 1 N–H and O–H groups in total. The number of hydrogen-bond donors (Lipinski definition) is 1. The van der Waals surface area contributed by atoms with Crippen LogP contribution in [0, 0.1) is 12.3 Å².